The van der Waals surface area contributed by atoms with E-state index in [1.165, 1.54) is 6.33 Å². The molecule has 0 radical (unpaired) electrons. The molecule has 0 spiro atoms. The lowest BCUT2D eigenvalue weighted by Crippen LogP contribution is -2.48. The molecular formula is C42H41N5O7. The number of fused-ring (bicyclic) bond motifs is 3. The van der Waals surface area contributed by atoms with Crippen LogP contribution in [0.4, 0.5) is 5.82 Å². The second-order valence-corrected chi connectivity index (χ2v) is 13.7. The molecule has 0 saturated carbocycles. The number of ether oxygens (including phenoxy) is 5. The predicted octanol–water partition coefficient (Wildman–Crippen LogP) is 5.93. The Morgan fingerprint density at radius 1 is 0.870 bits per heavy atom. The number of anilines is 1. The van der Waals surface area contributed by atoms with Crippen molar-refractivity contribution in [1.82, 2.24) is 19.5 Å². The number of carbonyl (C=O) groups excluding carboxylic acids is 1. The number of benzene rings is 4. The summed E-state index contributed by atoms with van der Waals surface area (Å²) in [5, 5.41) is 11.9. The molecule has 1 N–H and O–H groups in total. The number of nitrogens with zero attached hydrogens (tertiary/aromatic N) is 5. The van der Waals surface area contributed by atoms with Gasteiger partial charge in [0.2, 0.25) is 0 Å². The van der Waals surface area contributed by atoms with Gasteiger partial charge in [-0.3, -0.25) is 14.3 Å². The zero-order valence-corrected chi connectivity index (χ0v) is 30.4. The predicted molar refractivity (Wildman–Crippen MR) is 201 cm³/mol. The lowest BCUT2D eigenvalue weighted by Gasteiger charge is -2.39. The van der Waals surface area contributed by atoms with E-state index in [1.54, 1.807) is 42.1 Å². The maximum absolute atomic E-state index is 13.7. The summed E-state index contributed by atoms with van der Waals surface area (Å²) in [6, 6.07) is 34.3. The normalized spacial score (nSPS) is 20.7. The van der Waals surface area contributed by atoms with Crippen LogP contribution in [0.3, 0.4) is 0 Å². The Morgan fingerprint density at radius 3 is 2.06 bits per heavy atom. The zero-order chi connectivity index (χ0) is 37.5. The summed E-state index contributed by atoms with van der Waals surface area (Å²) in [6.45, 7) is 3.91. The van der Waals surface area contributed by atoms with Crippen LogP contribution >= 0.6 is 0 Å². The van der Waals surface area contributed by atoms with Crippen LogP contribution in [0.1, 0.15) is 47.1 Å². The minimum Gasteiger partial charge on any atom is -0.497 e. The van der Waals surface area contributed by atoms with E-state index in [1.807, 2.05) is 111 Å². The molecule has 2 saturated heterocycles. The first-order valence-electron chi connectivity index (χ1n) is 17.8. The van der Waals surface area contributed by atoms with E-state index in [-0.39, 0.29) is 25.2 Å². The Labute approximate surface area is 312 Å². The van der Waals surface area contributed by atoms with E-state index in [4.69, 9.17) is 23.7 Å². The van der Waals surface area contributed by atoms with Crippen molar-refractivity contribution in [2.75, 3.05) is 32.3 Å². The molecule has 12 nitrogen and oxygen atoms in total. The molecule has 2 fully saturated rings. The molecule has 2 aliphatic rings. The van der Waals surface area contributed by atoms with Gasteiger partial charge in [-0.1, -0.05) is 72.8 Å². The number of rotatable bonds is 12. The summed E-state index contributed by atoms with van der Waals surface area (Å²) >= 11 is 0. The Hall–Kier alpha value is -5.66. The van der Waals surface area contributed by atoms with Gasteiger partial charge in [-0.25, -0.2) is 15.0 Å². The highest BCUT2D eigenvalue weighted by molar-refractivity contribution is 6.08. The third-order valence-corrected chi connectivity index (χ3v) is 10.3. The van der Waals surface area contributed by atoms with E-state index in [2.05, 4.69) is 15.0 Å². The standard InChI is InChI=1S/C42H41N5O7/c1-27(2)47(39(49)28-11-7-5-8-12-28)38-34-37(43-25-44-38)46(26-45-34)40-35-36(48)41(54-40,23-52-35)24-53-42(29-13-9-6-10-14-29,30-15-19-32(50-3)20-16-30)31-17-21-33(51-4)22-18-31/h5-22,25-27,35-36,40,48H,23-24H2,1-4H3/t35?,36?,40-,41-/m1/s1. The number of methoxy groups -OCH3 is 2. The van der Waals surface area contributed by atoms with E-state index in [0.717, 1.165) is 16.7 Å². The van der Waals surface area contributed by atoms with Crippen molar-refractivity contribution in [3.05, 3.63) is 144 Å². The van der Waals surface area contributed by atoms with Gasteiger partial charge >= 0.3 is 0 Å². The highest BCUT2D eigenvalue weighted by atomic mass is 16.7. The molecule has 2 unspecified atom stereocenters. The third kappa shape index (κ3) is 5.87. The average Bonchev–Trinajstić information content (AvgIpc) is 3.88. The van der Waals surface area contributed by atoms with Gasteiger partial charge in [-0.2, -0.15) is 0 Å². The molecule has 12 heteroatoms. The van der Waals surface area contributed by atoms with Crippen LogP contribution in [0, 0.1) is 0 Å². The summed E-state index contributed by atoms with van der Waals surface area (Å²) in [5.41, 5.74) is 1.58. The van der Waals surface area contributed by atoms with Crippen molar-refractivity contribution < 1.29 is 33.6 Å². The SMILES string of the molecule is COc1ccc(C(OC[C@]23COC(C2O)[C@H](n2cnc4c(N(C(=O)c5ccccc5)C(C)C)ncnc42)O3)(c2ccccc2)c2ccc(OC)cc2)cc1. The van der Waals surface area contributed by atoms with E-state index in [0.29, 0.717) is 34.0 Å². The molecule has 1 amide bonds. The number of imidazole rings is 1. The van der Waals surface area contributed by atoms with Crippen LogP contribution < -0.4 is 14.4 Å². The molecule has 4 heterocycles. The van der Waals surface area contributed by atoms with Gasteiger partial charge < -0.3 is 28.8 Å². The lowest BCUT2D eigenvalue weighted by molar-refractivity contribution is -0.202. The summed E-state index contributed by atoms with van der Waals surface area (Å²) < 4.78 is 33.0. The quantitative estimate of drug-likeness (QED) is 0.151. The maximum atomic E-state index is 13.7. The average molecular weight is 728 g/mol. The van der Waals surface area contributed by atoms with Crippen LogP contribution in [0.2, 0.25) is 0 Å². The first kappa shape index (κ1) is 35.4. The molecular weight excluding hydrogens is 686 g/mol. The molecule has 2 aliphatic heterocycles. The Morgan fingerprint density at radius 2 is 1.46 bits per heavy atom. The van der Waals surface area contributed by atoms with Gasteiger partial charge in [-0.05, 0) is 66.9 Å². The van der Waals surface area contributed by atoms with Crippen molar-refractivity contribution in [2.45, 2.75) is 49.5 Å². The Balaban J connectivity index is 1.16. The summed E-state index contributed by atoms with van der Waals surface area (Å²) in [6.07, 6.45) is 0.409. The molecule has 276 valence electrons. The number of hydrogen-bond acceptors (Lipinski definition) is 10. The van der Waals surface area contributed by atoms with Crippen molar-refractivity contribution in [1.29, 1.82) is 0 Å². The first-order chi connectivity index (χ1) is 26.3. The number of aliphatic hydroxyl groups excluding tert-OH is 1. The van der Waals surface area contributed by atoms with Crippen LogP contribution in [0.25, 0.3) is 11.2 Å². The van der Waals surface area contributed by atoms with Crippen LogP contribution in [0.15, 0.2) is 122 Å². The zero-order valence-electron chi connectivity index (χ0n) is 30.4. The molecule has 2 bridgehead atoms. The number of amides is 1. The second-order valence-electron chi connectivity index (χ2n) is 13.7. The molecule has 4 aromatic carbocycles. The number of aliphatic hydroxyl groups is 1. The Kier molecular flexibility index (Phi) is 9.36. The number of carbonyl (C=O) groups is 1. The maximum Gasteiger partial charge on any atom is 0.259 e. The van der Waals surface area contributed by atoms with Crippen LogP contribution in [0.5, 0.6) is 11.5 Å². The van der Waals surface area contributed by atoms with Crippen molar-refractivity contribution >= 4 is 22.9 Å². The monoisotopic (exact) mass is 727 g/mol. The Bertz CT molecular complexity index is 2180. The van der Waals surface area contributed by atoms with E-state index < -0.39 is 29.6 Å². The lowest BCUT2D eigenvalue weighted by atomic mass is 9.79. The second kappa shape index (κ2) is 14.3. The fraction of sp³-hybridized carbons (Fsp3) is 0.286. The van der Waals surface area contributed by atoms with E-state index in [9.17, 15) is 9.90 Å². The van der Waals surface area contributed by atoms with Gasteiger partial charge in [0.15, 0.2) is 23.2 Å². The van der Waals surface area contributed by atoms with Gasteiger partial charge in [0, 0.05) is 11.6 Å². The molecule has 54 heavy (non-hydrogen) atoms. The van der Waals surface area contributed by atoms with Gasteiger partial charge in [0.1, 0.15) is 41.2 Å². The molecule has 8 rings (SSSR count). The molecule has 4 atom stereocenters. The highest BCUT2D eigenvalue weighted by Gasteiger charge is 2.63. The van der Waals surface area contributed by atoms with E-state index >= 15 is 0 Å². The minimum atomic E-state index is -1.24. The highest BCUT2D eigenvalue weighted by Crippen LogP contribution is 2.49. The van der Waals surface area contributed by atoms with Crippen molar-refractivity contribution in [2.24, 2.45) is 0 Å². The fourth-order valence-corrected chi connectivity index (χ4v) is 7.54. The van der Waals surface area contributed by atoms with Crippen molar-refractivity contribution in [3.63, 3.8) is 0 Å². The van der Waals surface area contributed by atoms with Gasteiger partial charge in [-0.15, -0.1) is 0 Å². The summed E-state index contributed by atoms with van der Waals surface area (Å²) in [4.78, 5) is 29.1. The van der Waals surface area contributed by atoms with Crippen LogP contribution in [-0.4, -0.2) is 81.8 Å². The van der Waals surface area contributed by atoms with Crippen molar-refractivity contribution in [3.8, 4) is 11.5 Å². The molecule has 0 aliphatic carbocycles. The topological polar surface area (TPSA) is 130 Å². The molecule has 6 aromatic rings. The largest absolute Gasteiger partial charge is 0.497 e. The van der Waals surface area contributed by atoms with Gasteiger partial charge in [0.25, 0.3) is 5.91 Å². The first-order valence-corrected chi connectivity index (χ1v) is 17.8. The number of aromatic nitrogens is 4. The summed E-state index contributed by atoms with van der Waals surface area (Å²) in [7, 11) is 3.26. The fourth-order valence-electron chi connectivity index (χ4n) is 7.54. The third-order valence-electron chi connectivity index (χ3n) is 10.3. The number of hydrogen-bond donors (Lipinski definition) is 1. The smallest absolute Gasteiger partial charge is 0.259 e. The summed E-state index contributed by atoms with van der Waals surface area (Å²) in [5.74, 6) is 1.58. The molecule has 2 aromatic heterocycles. The minimum absolute atomic E-state index is 0.0340. The van der Waals surface area contributed by atoms with Crippen LogP contribution in [-0.2, 0) is 19.8 Å². The van der Waals surface area contributed by atoms with Gasteiger partial charge in [0.05, 0.1) is 33.8 Å².